The summed E-state index contributed by atoms with van der Waals surface area (Å²) < 4.78 is 5.08. The number of carbonyl (C=O) groups excluding carboxylic acids is 1. The minimum Gasteiger partial charge on any atom is -0.466 e. The van der Waals surface area contributed by atoms with Crippen molar-refractivity contribution in [2.75, 3.05) is 39.8 Å². The highest BCUT2D eigenvalue weighted by atomic mass is 16.5. The van der Waals surface area contributed by atoms with Gasteiger partial charge in [-0.25, -0.2) is 0 Å². The van der Waals surface area contributed by atoms with E-state index in [0.29, 0.717) is 6.61 Å². The molecule has 0 radical (unpaired) electrons. The number of hydrogen-bond acceptors (Lipinski definition) is 4. The van der Waals surface area contributed by atoms with Gasteiger partial charge >= 0.3 is 5.97 Å². The molecule has 1 saturated heterocycles. The molecule has 0 amide bonds. The molecule has 1 rings (SSSR count). The summed E-state index contributed by atoms with van der Waals surface area (Å²) in [5.74, 6) is 0.00233. The summed E-state index contributed by atoms with van der Waals surface area (Å²) in [7, 11) is 1.92. The average molecular weight is 240 g/mol. The van der Waals surface area contributed by atoms with Gasteiger partial charge in [-0.3, -0.25) is 9.69 Å². The molecule has 1 heterocycles. The Kier molecular flexibility index (Phi) is 6.22. The molecule has 0 aromatic carbocycles. The van der Waals surface area contributed by atoms with Crippen molar-refractivity contribution in [2.24, 2.45) is 5.92 Å². The highest BCUT2D eigenvalue weighted by Crippen LogP contribution is 2.18. The number of esters is 1. The minimum absolute atomic E-state index is 0.0450. The highest BCUT2D eigenvalue weighted by molar-refractivity contribution is 5.72. The predicted octanol–water partition coefficient (Wildman–Crippen LogP) is 1.04. The molecule has 17 heavy (non-hydrogen) atoms. The monoisotopic (exact) mass is 240 g/mol. The number of carbonyl (C=O) groups is 1. The van der Waals surface area contributed by atoms with Crippen LogP contribution >= 0.6 is 0 Å². The molecule has 0 aromatic rings. The van der Waals surface area contributed by atoms with Gasteiger partial charge in [0.1, 0.15) is 0 Å². The first-order valence-electron chi connectivity index (χ1n) is 6.37. The summed E-state index contributed by atoms with van der Waals surface area (Å²) in [5, 5.41) is 3.09. The molecular formula is C13H24N2O2. The van der Waals surface area contributed by atoms with E-state index in [0.717, 1.165) is 44.6 Å². The lowest BCUT2D eigenvalue weighted by Gasteiger charge is -2.31. The first kappa shape index (κ1) is 14.2. The molecule has 98 valence electrons. The third-order valence-corrected chi connectivity index (χ3v) is 3.00. The Morgan fingerprint density at radius 3 is 3.00 bits per heavy atom. The zero-order chi connectivity index (χ0) is 12.7. The maximum absolute atomic E-state index is 11.7. The molecule has 0 spiro atoms. The van der Waals surface area contributed by atoms with E-state index in [1.54, 1.807) is 0 Å². The van der Waals surface area contributed by atoms with Gasteiger partial charge in [0.15, 0.2) is 0 Å². The largest absolute Gasteiger partial charge is 0.466 e. The number of nitrogens with one attached hydrogen (secondary N) is 1. The first-order chi connectivity index (χ1) is 8.17. The number of nitrogens with zero attached hydrogens (tertiary/aromatic N) is 1. The van der Waals surface area contributed by atoms with Gasteiger partial charge in [-0.2, -0.15) is 0 Å². The van der Waals surface area contributed by atoms with E-state index in [2.05, 4.69) is 16.8 Å². The zero-order valence-corrected chi connectivity index (χ0v) is 11.0. The summed E-state index contributed by atoms with van der Waals surface area (Å²) >= 11 is 0. The third kappa shape index (κ3) is 4.88. The quantitative estimate of drug-likeness (QED) is 0.556. The van der Waals surface area contributed by atoms with Crippen LogP contribution in [0.3, 0.4) is 0 Å². The SMILES string of the molecule is C=C(CNC)CN1CCCC(C(=O)OCC)C1. The molecule has 0 saturated carbocycles. The number of likely N-dealkylation sites (tertiary alicyclic amines) is 1. The predicted molar refractivity (Wildman–Crippen MR) is 68.9 cm³/mol. The van der Waals surface area contributed by atoms with Crippen LogP contribution in [0, 0.1) is 5.92 Å². The Bertz CT molecular complexity index is 266. The number of hydrogen-bond donors (Lipinski definition) is 1. The standard InChI is InChI=1S/C13H24N2O2/c1-4-17-13(16)12-6-5-7-15(10-12)9-11(2)8-14-3/h12,14H,2,4-10H2,1,3H3. The van der Waals surface area contributed by atoms with E-state index in [-0.39, 0.29) is 11.9 Å². The smallest absolute Gasteiger partial charge is 0.310 e. The average Bonchev–Trinajstić information content (AvgIpc) is 2.30. The number of piperidine rings is 1. The van der Waals surface area contributed by atoms with Crippen molar-refractivity contribution >= 4 is 5.97 Å². The molecule has 1 N–H and O–H groups in total. The van der Waals surface area contributed by atoms with Crippen LogP contribution in [0.2, 0.25) is 0 Å². The fraction of sp³-hybridized carbons (Fsp3) is 0.769. The molecule has 0 bridgehead atoms. The molecule has 1 atom stereocenters. The van der Waals surface area contributed by atoms with Crippen LogP contribution in [0.1, 0.15) is 19.8 Å². The fourth-order valence-corrected chi connectivity index (χ4v) is 2.27. The summed E-state index contributed by atoms with van der Waals surface area (Å²) in [6, 6.07) is 0. The van der Waals surface area contributed by atoms with E-state index in [4.69, 9.17) is 4.74 Å². The Labute approximate surface area is 104 Å². The molecule has 1 aliphatic rings. The second kappa shape index (κ2) is 7.45. The van der Waals surface area contributed by atoms with Crippen LogP contribution in [-0.4, -0.2) is 50.7 Å². The van der Waals surface area contributed by atoms with Crippen LogP contribution in [0.25, 0.3) is 0 Å². The number of rotatable bonds is 6. The van der Waals surface area contributed by atoms with Crippen molar-refractivity contribution < 1.29 is 9.53 Å². The van der Waals surface area contributed by atoms with E-state index in [1.807, 2.05) is 14.0 Å². The second-order valence-corrected chi connectivity index (χ2v) is 4.61. The van der Waals surface area contributed by atoms with Crippen LogP contribution in [-0.2, 0) is 9.53 Å². The summed E-state index contributed by atoms with van der Waals surface area (Å²) in [5.41, 5.74) is 1.16. The summed E-state index contributed by atoms with van der Waals surface area (Å²) in [6.45, 7) is 9.92. The number of ether oxygens (including phenoxy) is 1. The Morgan fingerprint density at radius 1 is 1.59 bits per heavy atom. The van der Waals surface area contributed by atoms with Crippen molar-refractivity contribution in [3.63, 3.8) is 0 Å². The van der Waals surface area contributed by atoms with E-state index >= 15 is 0 Å². The first-order valence-corrected chi connectivity index (χ1v) is 6.37. The number of likely N-dealkylation sites (N-methyl/N-ethyl adjacent to an activating group) is 1. The van der Waals surface area contributed by atoms with Gasteiger partial charge in [-0.05, 0) is 38.9 Å². The normalized spacial score (nSPS) is 21.2. The van der Waals surface area contributed by atoms with Crippen molar-refractivity contribution in [2.45, 2.75) is 19.8 Å². The van der Waals surface area contributed by atoms with E-state index in [9.17, 15) is 4.79 Å². The third-order valence-electron chi connectivity index (χ3n) is 3.00. The Hall–Kier alpha value is -0.870. The van der Waals surface area contributed by atoms with Gasteiger partial charge in [0.25, 0.3) is 0 Å². The lowest BCUT2D eigenvalue weighted by Crippen LogP contribution is -2.40. The Balaban J connectivity index is 2.38. The van der Waals surface area contributed by atoms with Crippen molar-refractivity contribution in [3.8, 4) is 0 Å². The van der Waals surface area contributed by atoms with Crippen molar-refractivity contribution in [1.29, 1.82) is 0 Å². The van der Waals surface area contributed by atoms with Gasteiger partial charge in [0.05, 0.1) is 12.5 Å². The van der Waals surface area contributed by atoms with Gasteiger partial charge in [-0.15, -0.1) is 0 Å². The summed E-state index contributed by atoms with van der Waals surface area (Å²) in [6.07, 6.45) is 2.02. The van der Waals surface area contributed by atoms with E-state index < -0.39 is 0 Å². The van der Waals surface area contributed by atoms with Crippen molar-refractivity contribution in [1.82, 2.24) is 10.2 Å². The van der Waals surface area contributed by atoms with Gasteiger partial charge in [0, 0.05) is 19.6 Å². The maximum Gasteiger partial charge on any atom is 0.310 e. The molecule has 1 fully saturated rings. The minimum atomic E-state index is -0.0450. The molecule has 1 unspecified atom stereocenters. The topological polar surface area (TPSA) is 41.6 Å². The van der Waals surface area contributed by atoms with Gasteiger partial charge in [-0.1, -0.05) is 6.58 Å². The highest BCUT2D eigenvalue weighted by Gasteiger charge is 2.26. The molecule has 4 nitrogen and oxygen atoms in total. The maximum atomic E-state index is 11.7. The molecule has 0 aromatic heterocycles. The van der Waals surface area contributed by atoms with Crippen LogP contribution in [0.4, 0.5) is 0 Å². The van der Waals surface area contributed by atoms with Crippen LogP contribution < -0.4 is 5.32 Å². The Morgan fingerprint density at radius 2 is 2.35 bits per heavy atom. The van der Waals surface area contributed by atoms with Gasteiger partial charge < -0.3 is 10.1 Å². The van der Waals surface area contributed by atoms with Crippen LogP contribution in [0.15, 0.2) is 12.2 Å². The molecule has 4 heteroatoms. The van der Waals surface area contributed by atoms with Crippen molar-refractivity contribution in [3.05, 3.63) is 12.2 Å². The van der Waals surface area contributed by atoms with Gasteiger partial charge in [0.2, 0.25) is 0 Å². The lowest BCUT2D eigenvalue weighted by molar-refractivity contribution is -0.149. The second-order valence-electron chi connectivity index (χ2n) is 4.61. The molecule has 0 aliphatic carbocycles. The molecule has 1 aliphatic heterocycles. The van der Waals surface area contributed by atoms with Crippen LogP contribution in [0.5, 0.6) is 0 Å². The van der Waals surface area contributed by atoms with E-state index in [1.165, 1.54) is 0 Å². The fourth-order valence-electron chi connectivity index (χ4n) is 2.27. The molecular weight excluding hydrogens is 216 g/mol. The summed E-state index contributed by atoms with van der Waals surface area (Å²) in [4.78, 5) is 14.0. The lowest BCUT2D eigenvalue weighted by atomic mass is 9.98. The zero-order valence-electron chi connectivity index (χ0n) is 11.0.